The maximum atomic E-state index is 10.9. The van der Waals surface area contributed by atoms with Crippen LogP contribution in [0.5, 0.6) is 0 Å². The molecule has 0 saturated heterocycles. The van der Waals surface area contributed by atoms with Crippen LogP contribution in [0.3, 0.4) is 0 Å². The standard InChI is InChI=1S/C10H12N4O2S2/c1-3-13-7(14(15)16)5-11-9(13)8(17)10-12-4-6(2)18-10/h4-5,8,17H,3H2,1-2H3. The van der Waals surface area contributed by atoms with Crippen molar-refractivity contribution < 1.29 is 4.92 Å². The summed E-state index contributed by atoms with van der Waals surface area (Å²) >= 11 is 5.99. The molecule has 8 heteroatoms. The van der Waals surface area contributed by atoms with Crippen LogP contribution in [-0.4, -0.2) is 19.5 Å². The Morgan fingerprint density at radius 3 is 2.78 bits per heavy atom. The van der Waals surface area contributed by atoms with Gasteiger partial charge in [-0.25, -0.2) is 14.5 Å². The Labute approximate surface area is 113 Å². The van der Waals surface area contributed by atoms with E-state index in [0.717, 1.165) is 9.88 Å². The first-order chi connectivity index (χ1) is 8.54. The van der Waals surface area contributed by atoms with Crippen LogP contribution in [0, 0.1) is 17.0 Å². The highest BCUT2D eigenvalue weighted by Gasteiger charge is 2.26. The molecule has 0 saturated carbocycles. The second kappa shape index (κ2) is 5.07. The third-order valence-corrected chi connectivity index (χ3v) is 4.11. The molecule has 6 nitrogen and oxygen atoms in total. The zero-order valence-electron chi connectivity index (χ0n) is 9.90. The molecule has 2 heterocycles. The molecule has 0 bridgehead atoms. The van der Waals surface area contributed by atoms with E-state index in [1.807, 2.05) is 13.8 Å². The maximum Gasteiger partial charge on any atom is 0.342 e. The summed E-state index contributed by atoms with van der Waals surface area (Å²) in [6.45, 7) is 4.27. The number of rotatable bonds is 4. The van der Waals surface area contributed by atoms with Gasteiger partial charge in [0.25, 0.3) is 0 Å². The van der Waals surface area contributed by atoms with Crippen LogP contribution in [0.25, 0.3) is 0 Å². The SMILES string of the molecule is CCn1c([N+](=O)[O-])cnc1C(S)c1ncc(C)s1. The minimum absolute atomic E-state index is 0.0140. The highest BCUT2D eigenvalue weighted by Crippen LogP contribution is 2.32. The van der Waals surface area contributed by atoms with Gasteiger partial charge in [-0.3, -0.25) is 0 Å². The molecule has 0 aromatic carbocycles. The summed E-state index contributed by atoms with van der Waals surface area (Å²) in [7, 11) is 0. The second-order valence-corrected chi connectivity index (χ2v) is 5.47. The molecular weight excluding hydrogens is 272 g/mol. The molecule has 0 fully saturated rings. The lowest BCUT2D eigenvalue weighted by atomic mass is 10.4. The molecule has 0 aliphatic rings. The van der Waals surface area contributed by atoms with Gasteiger partial charge in [-0.15, -0.1) is 11.3 Å². The smallest absolute Gasteiger partial charge is 0.342 e. The van der Waals surface area contributed by atoms with E-state index < -0.39 is 4.92 Å². The summed E-state index contributed by atoms with van der Waals surface area (Å²) < 4.78 is 1.55. The molecule has 18 heavy (non-hydrogen) atoms. The second-order valence-electron chi connectivity index (χ2n) is 3.69. The maximum absolute atomic E-state index is 10.9. The number of nitro groups is 1. The van der Waals surface area contributed by atoms with Crippen molar-refractivity contribution in [1.29, 1.82) is 0 Å². The van der Waals surface area contributed by atoms with Crippen molar-refractivity contribution in [3.05, 3.63) is 38.2 Å². The first kappa shape index (κ1) is 13.0. The normalized spacial score (nSPS) is 12.6. The summed E-state index contributed by atoms with van der Waals surface area (Å²) in [6, 6.07) is 0. The topological polar surface area (TPSA) is 73.8 Å². The average molecular weight is 284 g/mol. The van der Waals surface area contributed by atoms with Crippen LogP contribution < -0.4 is 0 Å². The van der Waals surface area contributed by atoms with E-state index in [-0.39, 0.29) is 11.1 Å². The van der Waals surface area contributed by atoms with E-state index in [1.54, 1.807) is 10.8 Å². The van der Waals surface area contributed by atoms with E-state index in [0.29, 0.717) is 12.4 Å². The lowest BCUT2D eigenvalue weighted by molar-refractivity contribution is -0.392. The van der Waals surface area contributed by atoms with Crippen LogP contribution in [0.1, 0.15) is 27.9 Å². The molecule has 2 aromatic rings. The van der Waals surface area contributed by atoms with Crippen molar-refractivity contribution in [2.45, 2.75) is 25.6 Å². The van der Waals surface area contributed by atoms with Crippen molar-refractivity contribution in [3.8, 4) is 0 Å². The number of imidazole rings is 1. The van der Waals surface area contributed by atoms with Crippen LogP contribution in [0.15, 0.2) is 12.4 Å². The fraction of sp³-hybridized carbons (Fsp3) is 0.400. The van der Waals surface area contributed by atoms with Crippen LogP contribution in [0.4, 0.5) is 5.82 Å². The van der Waals surface area contributed by atoms with Crippen LogP contribution in [0.2, 0.25) is 0 Å². The molecule has 0 amide bonds. The predicted molar refractivity (Wildman–Crippen MR) is 72.2 cm³/mol. The monoisotopic (exact) mass is 284 g/mol. The van der Waals surface area contributed by atoms with Gasteiger partial charge in [0.05, 0.1) is 6.54 Å². The molecular formula is C10H12N4O2S2. The average Bonchev–Trinajstić information content (AvgIpc) is 2.93. The Balaban J connectivity index is 2.42. The number of thiol groups is 1. The molecule has 2 rings (SSSR count). The Hall–Kier alpha value is -1.41. The quantitative estimate of drug-likeness (QED) is 0.532. The summed E-state index contributed by atoms with van der Waals surface area (Å²) in [5.41, 5.74) is 0. The van der Waals surface area contributed by atoms with E-state index in [9.17, 15) is 10.1 Å². The summed E-state index contributed by atoms with van der Waals surface area (Å²) in [5, 5.41) is 11.3. The van der Waals surface area contributed by atoms with E-state index in [2.05, 4.69) is 22.6 Å². The summed E-state index contributed by atoms with van der Waals surface area (Å²) in [6.07, 6.45) is 3.03. The minimum Gasteiger partial charge on any atom is -0.358 e. The van der Waals surface area contributed by atoms with Crippen molar-refractivity contribution in [2.75, 3.05) is 0 Å². The van der Waals surface area contributed by atoms with Gasteiger partial charge in [0, 0.05) is 11.1 Å². The van der Waals surface area contributed by atoms with Gasteiger partial charge in [0.1, 0.15) is 16.5 Å². The Bertz CT molecular complexity index is 578. The largest absolute Gasteiger partial charge is 0.358 e. The zero-order valence-corrected chi connectivity index (χ0v) is 11.6. The van der Waals surface area contributed by atoms with Gasteiger partial charge >= 0.3 is 5.82 Å². The van der Waals surface area contributed by atoms with Crippen molar-refractivity contribution in [3.63, 3.8) is 0 Å². The van der Waals surface area contributed by atoms with Crippen molar-refractivity contribution >= 4 is 29.8 Å². The fourth-order valence-corrected chi connectivity index (χ4v) is 2.87. The van der Waals surface area contributed by atoms with E-state index >= 15 is 0 Å². The lowest BCUT2D eigenvalue weighted by Gasteiger charge is -2.06. The van der Waals surface area contributed by atoms with Gasteiger partial charge in [0.2, 0.25) is 5.82 Å². The van der Waals surface area contributed by atoms with Crippen molar-refractivity contribution in [2.24, 2.45) is 0 Å². The third-order valence-electron chi connectivity index (χ3n) is 2.49. The van der Waals surface area contributed by atoms with Gasteiger partial charge in [-0.2, -0.15) is 12.6 Å². The molecule has 1 atom stereocenters. The minimum atomic E-state index is -0.437. The molecule has 96 valence electrons. The first-order valence-corrected chi connectivity index (χ1v) is 6.68. The first-order valence-electron chi connectivity index (χ1n) is 5.34. The molecule has 0 radical (unpaired) electrons. The summed E-state index contributed by atoms with van der Waals surface area (Å²) in [4.78, 5) is 19.8. The molecule has 0 aliphatic carbocycles. The lowest BCUT2D eigenvalue weighted by Crippen LogP contribution is -2.08. The Morgan fingerprint density at radius 1 is 1.56 bits per heavy atom. The zero-order chi connectivity index (χ0) is 13.3. The van der Waals surface area contributed by atoms with Gasteiger partial charge in [0.15, 0.2) is 0 Å². The molecule has 0 spiro atoms. The third kappa shape index (κ3) is 2.25. The Morgan fingerprint density at radius 2 is 2.28 bits per heavy atom. The highest BCUT2D eigenvalue weighted by molar-refractivity contribution is 7.80. The highest BCUT2D eigenvalue weighted by atomic mass is 32.1. The number of thiazole rings is 1. The molecule has 1 unspecified atom stereocenters. The number of aromatic nitrogens is 3. The van der Waals surface area contributed by atoms with E-state index in [1.165, 1.54) is 17.5 Å². The molecule has 0 aliphatic heterocycles. The Kier molecular flexibility index (Phi) is 3.67. The fourth-order valence-electron chi connectivity index (χ4n) is 1.68. The number of aryl methyl sites for hydroxylation is 1. The number of nitrogens with zero attached hydrogens (tertiary/aromatic N) is 4. The van der Waals surface area contributed by atoms with Crippen LogP contribution in [-0.2, 0) is 6.54 Å². The van der Waals surface area contributed by atoms with E-state index in [4.69, 9.17) is 0 Å². The van der Waals surface area contributed by atoms with Gasteiger partial charge in [-0.05, 0) is 18.8 Å². The molecule has 0 N–H and O–H groups in total. The van der Waals surface area contributed by atoms with Crippen LogP contribution >= 0.6 is 24.0 Å². The van der Waals surface area contributed by atoms with Crippen molar-refractivity contribution in [1.82, 2.24) is 14.5 Å². The molecule has 2 aromatic heterocycles. The number of hydrogen-bond donors (Lipinski definition) is 1. The van der Waals surface area contributed by atoms with Gasteiger partial charge < -0.3 is 10.1 Å². The summed E-state index contributed by atoms with van der Waals surface area (Å²) in [5.74, 6) is 0.543. The predicted octanol–water partition coefficient (Wildman–Crippen LogP) is 2.60. The number of hydrogen-bond acceptors (Lipinski definition) is 6. The van der Waals surface area contributed by atoms with Gasteiger partial charge in [-0.1, -0.05) is 0 Å².